The summed E-state index contributed by atoms with van der Waals surface area (Å²) in [5.74, 6) is 0.472. The van der Waals surface area contributed by atoms with Crippen LogP contribution >= 0.6 is 15.9 Å². The Balaban J connectivity index is 1.82. The normalized spacial score (nSPS) is 13.5. The van der Waals surface area contributed by atoms with Gasteiger partial charge in [-0.1, -0.05) is 0 Å². The minimum atomic E-state index is -0.416. The van der Waals surface area contributed by atoms with E-state index in [4.69, 9.17) is 9.47 Å². The predicted octanol–water partition coefficient (Wildman–Crippen LogP) is 3.45. The van der Waals surface area contributed by atoms with E-state index in [9.17, 15) is 4.79 Å². The van der Waals surface area contributed by atoms with E-state index in [1.807, 2.05) is 18.2 Å². The Kier molecular flexibility index (Phi) is 3.96. The molecule has 0 saturated carbocycles. The summed E-state index contributed by atoms with van der Waals surface area (Å²) in [5.41, 5.74) is 2.85. The SMILES string of the molecule is COc1ccc2c3c(cnc2n1)COC(=O)N3Cc1ccc(Br)cn1. The summed E-state index contributed by atoms with van der Waals surface area (Å²) in [6, 6.07) is 7.35. The summed E-state index contributed by atoms with van der Waals surface area (Å²) < 4.78 is 11.3. The highest BCUT2D eigenvalue weighted by Crippen LogP contribution is 2.34. The molecule has 8 heteroatoms. The van der Waals surface area contributed by atoms with Crippen LogP contribution in [0, 0.1) is 0 Å². The fourth-order valence-electron chi connectivity index (χ4n) is 2.74. The van der Waals surface area contributed by atoms with Gasteiger partial charge in [-0.3, -0.25) is 9.88 Å². The number of pyridine rings is 3. The molecule has 0 aliphatic carbocycles. The van der Waals surface area contributed by atoms with Crippen LogP contribution in [0.4, 0.5) is 10.5 Å². The maximum Gasteiger partial charge on any atom is 0.415 e. The van der Waals surface area contributed by atoms with Gasteiger partial charge in [0.1, 0.15) is 6.61 Å². The van der Waals surface area contributed by atoms with E-state index in [1.54, 1.807) is 30.5 Å². The monoisotopic (exact) mass is 400 g/mol. The van der Waals surface area contributed by atoms with Crippen molar-refractivity contribution in [2.24, 2.45) is 0 Å². The number of anilines is 1. The van der Waals surface area contributed by atoms with Crippen LogP contribution < -0.4 is 9.64 Å². The number of amides is 1. The summed E-state index contributed by atoms with van der Waals surface area (Å²) in [7, 11) is 1.55. The first kappa shape index (κ1) is 15.8. The Morgan fingerprint density at radius 2 is 2.12 bits per heavy atom. The first-order valence-electron chi connectivity index (χ1n) is 7.53. The minimum absolute atomic E-state index is 0.188. The van der Waals surface area contributed by atoms with E-state index in [0.717, 1.165) is 26.8 Å². The van der Waals surface area contributed by atoms with Gasteiger partial charge in [-0.15, -0.1) is 0 Å². The van der Waals surface area contributed by atoms with Crippen molar-refractivity contribution in [3.05, 3.63) is 52.4 Å². The van der Waals surface area contributed by atoms with Crippen molar-refractivity contribution >= 4 is 38.7 Å². The number of methoxy groups -OCH3 is 1. The summed E-state index contributed by atoms with van der Waals surface area (Å²) in [6.07, 6.45) is 2.96. The van der Waals surface area contributed by atoms with Gasteiger partial charge in [-0.05, 0) is 34.1 Å². The zero-order valence-corrected chi connectivity index (χ0v) is 14.9. The predicted molar refractivity (Wildman–Crippen MR) is 94.4 cm³/mol. The number of carbonyl (C=O) groups excluding carboxylic acids is 1. The van der Waals surface area contributed by atoms with Gasteiger partial charge >= 0.3 is 6.09 Å². The lowest BCUT2D eigenvalue weighted by Gasteiger charge is -2.29. The summed E-state index contributed by atoms with van der Waals surface area (Å²) >= 11 is 3.36. The summed E-state index contributed by atoms with van der Waals surface area (Å²) in [5, 5.41) is 0.770. The van der Waals surface area contributed by atoms with Crippen LogP contribution in [0.5, 0.6) is 5.88 Å². The zero-order chi connectivity index (χ0) is 17.4. The van der Waals surface area contributed by atoms with Gasteiger partial charge in [0, 0.05) is 33.9 Å². The molecule has 0 radical (unpaired) electrons. The van der Waals surface area contributed by atoms with Crippen LogP contribution in [0.1, 0.15) is 11.3 Å². The number of hydrogen-bond donors (Lipinski definition) is 0. The molecule has 7 nitrogen and oxygen atoms in total. The second-order valence-electron chi connectivity index (χ2n) is 5.47. The number of cyclic esters (lactones) is 1. The lowest BCUT2D eigenvalue weighted by atomic mass is 10.1. The number of halogens is 1. The first-order chi connectivity index (χ1) is 12.2. The molecule has 4 rings (SSSR count). The second-order valence-corrected chi connectivity index (χ2v) is 6.38. The number of aromatic nitrogens is 3. The van der Waals surface area contributed by atoms with Crippen molar-refractivity contribution in [3.63, 3.8) is 0 Å². The van der Waals surface area contributed by atoms with E-state index in [2.05, 4.69) is 30.9 Å². The molecule has 0 atom stereocenters. The number of carbonyl (C=O) groups is 1. The molecular formula is C17H13BrN4O3. The van der Waals surface area contributed by atoms with E-state index in [1.165, 1.54) is 0 Å². The molecule has 0 saturated heterocycles. The fourth-order valence-corrected chi connectivity index (χ4v) is 2.97. The Morgan fingerprint density at radius 3 is 2.88 bits per heavy atom. The van der Waals surface area contributed by atoms with Gasteiger partial charge in [-0.2, -0.15) is 4.98 Å². The molecule has 1 amide bonds. The molecule has 0 fully saturated rings. The van der Waals surface area contributed by atoms with Crippen molar-refractivity contribution < 1.29 is 14.3 Å². The third-order valence-electron chi connectivity index (χ3n) is 3.91. The molecule has 0 bridgehead atoms. The van der Waals surface area contributed by atoms with Crippen molar-refractivity contribution in [2.45, 2.75) is 13.2 Å². The maximum atomic E-state index is 12.4. The van der Waals surface area contributed by atoms with Crippen LogP contribution in [0.15, 0.2) is 41.1 Å². The lowest BCUT2D eigenvalue weighted by molar-refractivity contribution is 0.141. The average molecular weight is 401 g/mol. The molecule has 4 heterocycles. The molecule has 3 aromatic heterocycles. The molecule has 126 valence electrons. The fraction of sp³-hybridized carbons (Fsp3) is 0.176. The largest absolute Gasteiger partial charge is 0.481 e. The Morgan fingerprint density at radius 1 is 1.24 bits per heavy atom. The van der Waals surface area contributed by atoms with Gasteiger partial charge in [-0.25, -0.2) is 9.78 Å². The number of ether oxygens (including phenoxy) is 2. The molecule has 25 heavy (non-hydrogen) atoms. The van der Waals surface area contributed by atoms with Crippen molar-refractivity contribution in [2.75, 3.05) is 12.0 Å². The molecule has 3 aromatic rings. The van der Waals surface area contributed by atoms with E-state index < -0.39 is 6.09 Å². The van der Waals surface area contributed by atoms with E-state index in [0.29, 0.717) is 18.1 Å². The number of fused-ring (bicyclic) bond motifs is 3. The van der Waals surface area contributed by atoms with Gasteiger partial charge in [0.2, 0.25) is 5.88 Å². The molecule has 1 aliphatic heterocycles. The van der Waals surface area contributed by atoms with Crippen LogP contribution in [0.25, 0.3) is 11.0 Å². The lowest BCUT2D eigenvalue weighted by Crippen LogP contribution is -2.35. The molecule has 1 aliphatic rings. The first-order valence-corrected chi connectivity index (χ1v) is 8.32. The third kappa shape index (κ3) is 2.89. The standard InChI is InChI=1S/C17H13BrN4O3/c1-24-14-5-4-13-15-10(6-20-16(13)21-14)9-25-17(23)22(15)8-12-3-2-11(18)7-19-12/h2-7H,8-9H2,1H3. The molecule has 0 aromatic carbocycles. The Labute approximate surface area is 151 Å². The topological polar surface area (TPSA) is 77.4 Å². The maximum absolute atomic E-state index is 12.4. The van der Waals surface area contributed by atoms with Crippen molar-refractivity contribution in [1.82, 2.24) is 15.0 Å². The smallest absolute Gasteiger partial charge is 0.415 e. The molecule has 0 spiro atoms. The number of hydrogen-bond acceptors (Lipinski definition) is 6. The highest BCUT2D eigenvalue weighted by Gasteiger charge is 2.29. The number of rotatable bonds is 3. The van der Waals surface area contributed by atoms with Crippen LogP contribution in [0.2, 0.25) is 0 Å². The van der Waals surface area contributed by atoms with Gasteiger partial charge < -0.3 is 9.47 Å². The second kappa shape index (κ2) is 6.29. The Hall–Kier alpha value is -2.74. The average Bonchev–Trinajstić information content (AvgIpc) is 2.64. The van der Waals surface area contributed by atoms with Gasteiger partial charge in [0.25, 0.3) is 0 Å². The molecule has 0 unspecified atom stereocenters. The quantitative estimate of drug-likeness (QED) is 0.669. The highest BCUT2D eigenvalue weighted by atomic mass is 79.9. The molecular weight excluding hydrogens is 388 g/mol. The summed E-state index contributed by atoms with van der Waals surface area (Å²) in [6.45, 7) is 0.484. The van der Waals surface area contributed by atoms with Crippen molar-refractivity contribution in [3.8, 4) is 5.88 Å². The van der Waals surface area contributed by atoms with E-state index >= 15 is 0 Å². The molecule has 0 N–H and O–H groups in total. The Bertz CT molecular complexity index is 962. The van der Waals surface area contributed by atoms with Gasteiger partial charge in [0.15, 0.2) is 5.65 Å². The van der Waals surface area contributed by atoms with Gasteiger partial charge in [0.05, 0.1) is 25.0 Å². The number of nitrogens with zero attached hydrogens (tertiary/aromatic N) is 4. The van der Waals surface area contributed by atoms with Crippen LogP contribution in [-0.4, -0.2) is 28.2 Å². The third-order valence-corrected chi connectivity index (χ3v) is 4.38. The van der Waals surface area contributed by atoms with Crippen LogP contribution in [-0.2, 0) is 17.9 Å². The van der Waals surface area contributed by atoms with E-state index in [-0.39, 0.29) is 6.61 Å². The van der Waals surface area contributed by atoms with Crippen molar-refractivity contribution in [1.29, 1.82) is 0 Å². The minimum Gasteiger partial charge on any atom is -0.481 e. The summed E-state index contributed by atoms with van der Waals surface area (Å²) in [4.78, 5) is 27.0. The zero-order valence-electron chi connectivity index (χ0n) is 13.3. The van der Waals surface area contributed by atoms with Crippen LogP contribution in [0.3, 0.4) is 0 Å². The highest BCUT2D eigenvalue weighted by molar-refractivity contribution is 9.10.